The normalized spacial score (nSPS) is 11.5. The summed E-state index contributed by atoms with van der Waals surface area (Å²) in [5.74, 6) is 0.0494. The fourth-order valence-electron chi connectivity index (χ4n) is 3.51. The van der Waals surface area contributed by atoms with E-state index in [9.17, 15) is 9.59 Å². The Balaban J connectivity index is 1.87. The van der Waals surface area contributed by atoms with Gasteiger partial charge in [-0.2, -0.15) is 0 Å². The van der Waals surface area contributed by atoms with Gasteiger partial charge in [0.15, 0.2) is 6.61 Å². The number of ether oxygens (including phenoxy) is 1. The molecule has 0 aliphatic rings. The van der Waals surface area contributed by atoms with Crippen LogP contribution in [-0.2, 0) is 22.6 Å². The highest BCUT2D eigenvalue weighted by Gasteiger charge is 2.30. The monoisotopic (exact) mass is 542 g/mol. The molecule has 1 N–H and O–H groups in total. The molecule has 5 nitrogen and oxygen atoms in total. The molecule has 0 spiro atoms. The molecule has 3 aromatic carbocycles. The van der Waals surface area contributed by atoms with E-state index in [0.717, 1.165) is 17.5 Å². The summed E-state index contributed by atoms with van der Waals surface area (Å²) in [5, 5.41) is 3.53. The lowest BCUT2D eigenvalue weighted by Gasteiger charge is -2.31. The average Bonchev–Trinajstić information content (AvgIpc) is 2.85. The SMILES string of the molecule is CCCNC(=O)[C@@H](Cc1ccccc1)N(Cc1ccccc1)C(=O)COc1ccc(Cl)cc1Br. The van der Waals surface area contributed by atoms with Crippen molar-refractivity contribution in [2.75, 3.05) is 13.2 Å². The highest BCUT2D eigenvalue weighted by molar-refractivity contribution is 9.10. The smallest absolute Gasteiger partial charge is 0.261 e. The van der Waals surface area contributed by atoms with Gasteiger partial charge in [-0.25, -0.2) is 0 Å². The van der Waals surface area contributed by atoms with Crippen LogP contribution in [0.2, 0.25) is 5.02 Å². The van der Waals surface area contributed by atoms with E-state index in [1.54, 1.807) is 23.1 Å². The van der Waals surface area contributed by atoms with Crippen LogP contribution in [0.5, 0.6) is 5.75 Å². The van der Waals surface area contributed by atoms with E-state index in [0.29, 0.717) is 34.8 Å². The zero-order chi connectivity index (χ0) is 24.3. The first-order valence-electron chi connectivity index (χ1n) is 11.2. The maximum Gasteiger partial charge on any atom is 0.261 e. The van der Waals surface area contributed by atoms with Gasteiger partial charge >= 0.3 is 0 Å². The van der Waals surface area contributed by atoms with E-state index in [4.69, 9.17) is 16.3 Å². The molecule has 178 valence electrons. The highest BCUT2D eigenvalue weighted by Crippen LogP contribution is 2.28. The summed E-state index contributed by atoms with van der Waals surface area (Å²) in [6, 6.07) is 23.8. The first-order chi connectivity index (χ1) is 16.5. The number of carbonyl (C=O) groups excluding carboxylic acids is 2. The minimum atomic E-state index is -0.682. The molecule has 0 aliphatic carbocycles. The van der Waals surface area contributed by atoms with E-state index in [2.05, 4.69) is 21.2 Å². The molecule has 3 rings (SSSR count). The molecule has 0 aromatic heterocycles. The van der Waals surface area contributed by atoms with Crippen molar-refractivity contribution in [3.63, 3.8) is 0 Å². The quantitative estimate of drug-likeness (QED) is 0.340. The third-order valence-electron chi connectivity index (χ3n) is 5.26. The van der Waals surface area contributed by atoms with E-state index >= 15 is 0 Å². The number of halogens is 2. The summed E-state index contributed by atoms with van der Waals surface area (Å²) >= 11 is 9.42. The molecular weight excluding hydrogens is 516 g/mol. The van der Waals surface area contributed by atoms with Crippen molar-refractivity contribution in [3.8, 4) is 5.75 Å². The second-order valence-electron chi connectivity index (χ2n) is 7.87. The van der Waals surface area contributed by atoms with Crippen molar-refractivity contribution < 1.29 is 14.3 Å². The fraction of sp³-hybridized carbons (Fsp3) is 0.259. The van der Waals surface area contributed by atoms with Crippen LogP contribution in [-0.4, -0.2) is 35.9 Å². The van der Waals surface area contributed by atoms with Crippen molar-refractivity contribution in [1.82, 2.24) is 10.2 Å². The number of hydrogen-bond acceptors (Lipinski definition) is 3. The summed E-state index contributed by atoms with van der Waals surface area (Å²) in [6.45, 7) is 2.63. The van der Waals surface area contributed by atoms with Gasteiger partial charge in [-0.1, -0.05) is 79.2 Å². The molecule has 0 saturated carbocycles. The number of carbonyl (C=O) groups is 2. The van der Waals surface area contributed by atoms with Gasteiger partial charge in [0.2, 0.25) is 5.91 Å². The first-order valence-corrected chi connectivity index (χ1v) is 12.4. The van der Waals surface area contributed by atoms with E-state index in [1.807, 2.05) is 67.6 Å². The minimum Gasteiger partial charge on any atom is -0.483 e. The maximum absolute atomic E-state index is 13.5. The molecule has 0 unspecified atom stereocenters. The molecule has 0 bridgehead atoms. The lowest BCUT2D eigenvalue weighted by atomic mass is 10.0. The molecule has 2 amide bonds. The minimum absolute atomic E-state index is 0.178. The summed E-state index contributed by atoms with van der Waals surface area (Å²) in [5.41, 5.74) is 1.91. The Kier molecular flexibility index (Phi) is 9.98. The predicted octanol–water partition coefficient (Wildman–Crippen LogP) is 5.65. The molecule has 0 aliphatic heterocycles. The van der Waals surface area contributed by atoms with E-state index in [1.165, 1.54) is 0 Å². The number of nitrogens with zero attached hydrogens (tertiary/aromatic N) is 1. The number of rotatable bonds is 11. The molecular formula is C27H28BrClN2O3. The molecule has 0 radical (unpaired) electrons. The Labute approximate surface area is 214 Å². The van der Waals surface area contributed by atoms with Gasteiger partial charge < -0.3 is 15.0 Å². The molecule has 0 heterocycles. The fourth-order valence-corrected chi connectivity index (χ4v) is 4.31. The Bertz CT molecular complexity index is 1080. The average molecular weight is 544 g/mol. The van der Waals surface area contributed by atoms with Gasteiger partial charge in [0.05, 0.1) is 4.47 Å². The van der Waals surface area contributed by atoms with Crippen LogP contribution in [0.4, 0.5) is 0 Å². The molecule has 3 aromatic rings. The van der Waals surface area contributed by atoms with Crippen molar-refractivity contribution in [1.29, 1.82) is 0 Å². The molecule has 0 fully saturated rings. The van der Waals surface area contributed by atoms with Gasteiger partial charge in [-0.05, 0) is 51.7 Å². The number of hydrogen-bond donors (Lipinski definition) is 1. The third kappa shape index (κ3) is 7.61. The highest BCUT2D eigenvalue weighted by atomic mass is 79.9. The molecule has 7 heteroatoms. The number of nitrogens with one attached hydrogen (secondary N) is 1. The first kappa shape index (κ1) is 25.8. The van der Waals surface area contributed by atoms with Crippen LogP contribution in [0.15, 0.2) is 83.3 Å². The zero-order valence-electron chi connectivity index (χ0n) is 19.0. The second-order valence-corrected chi connectivity index (χ2v) is 9.16. The van der Waals surface area contributed by atoms with Crippen molar-refractivity contribution in [2.24, 2.45) is 0 Å². The summed E-state index contributed by atoms with van der Waals surface area (Å²) < 4.78 is 6.46. The molecule has 0 saturated heterocycles. The molecule has 1 atom stereocenters. The predicted molar refractivity (Wildman–Crippen MR) is 139 cm³/mol. The summed E-state index contributed by atoms with van der Waals surface area (Å²) in [4.78, 5) is 28.3. The maximum atomic E-state index is 13.5. The lowest BCUT2D eigenvalue weighted by Crippen LogP contribution is -2.51. The Morgan fingerprint density at radius 3 is 2.26 bits per heavy atom. The summed E-state index contributed by atoms with van der Waals surface area (Å²) in [6.07, 6.45) is 1.21. The van der Waals surface area contributed by atoms with Crippen LogP contribution in [0.3, 0.4) is 0 Å². The second kappa shape index (κ2) is 13.2. The topological polar surface area (TPSA) is 58.6 Å². The van der Waals surface area contributed by atoms with Crippen LogP contribution in [0, 0.1) is 0 Å². The van der Waals surface area contributed by atoms with Gasteiger partial charge in [0.25, 0.3) is 5.91 Å². The van der Waals surface area contributed by atoms with Crippen LogP contribution >= 0.6 is 27.5 Å². The zero-order valence-corrected chi connectivity index (χ0v) is 21.4. The standard InChI is InChI=1S/C27H28BrClN2O3/c1-2-15-30-27(33)24(16-20-9-5-3-6-10-20)31(18-21-11-7-4-8-12-21)26(32)19-34-25-14-13-22(29)17-23(25)28/h3-14,17,24H,2,15-16,18-19H2,1H3,(H,30,33)/t24-/m1/s1. The Morgan fingerprint density at radius 1 is 1.00 bits per heavy atom. The number of amides is 2. The van der Waals surface area contributed by atoms with Gasteiger partial charge in [0, 0.05) is 24.5 Å². The van der Waals surface area contributed by atoms with Crippen LogP contribution < -0.4 is 10.1 Å². The summed E-state index contributed by atoms with van der Waals surface area (Å²) in [7, 11) is 0. The van der Waals surface area contributed by atoms with Crippen LogP contribution in [0.1, 0.15) is 24.5 Å². The van der Waals surface area contributed by atoms with Crippen molar-refractivity contribution in [2.45, 2.75) is 32.4 Å². The molecule has 34 heavy (non-hydrogen) atoms. The van der Waals surface area contributed by atoms with E-state index < -0.39 is 6.04 Å². The van der Waals surface area contributed by atoms with Gasteiger partial charge in [0.1, 0.15) is 11.8 Å². The number of benzene rings is 3. The lowest BCUT2D eigenvalue weighted by molar-refractivity contribution is -0.142. The van der Waals surface area contributed by atoms with Crippen molar-refractivity contribution >= 4 is 39.3 Å². The largest absolute Gasteiger partial charge is 0.483 e. The Hall–Kier alpha value is -2.83. The Morgan fingerprint density at radius 2 is 1.65 bits per heavy atom. The van der Waals surface area contributed by atoms with Gasteiger partial charge in [-0.15, -0.1) is 0 Å². The van der Waals surface area contributed by atoms with Crippen molar-refractivity contribution in [3.05, 3.63) is 99.5 Å². The van der Waals surface area contributed by atoms with E-state index in [-0.39, 0.29) is 18.4 Å². The van der Waals surface area contributed by atoms with Gasteiger partial charge in [-0.3, -0.25) is 9.59 Å². The van der Waals surface area contributed by atoms with Crippen LogP contribution in [0.25, 0.3) is 0 Å². The third-order valence-corrected chi connectivity index (χ3v) is 6.12.